The molecule has 0 aliphatic heterocycles. The van der Waals surface area contributed by atoms with E-state index in [-0.39, 0.29) is 0 Å². The van der Waals surface area contributed by atoms with Crippen LogP contribution in [0.1, 0.15) is 19.0 Å². The van der Waals surface area contributed by atoms with E-state index in [0.717, 1.165) is 22.8 Å². The lowest BCUT2D eigenvalue weighted by molar-refractivity contribution is 1.23. The highest BCUT2D eigenvalue weighted by Crippen LogP contribution is 2.21. The third kappa shape index (κ3) is 2.50. The summed E-state index contributed by atoms with van der Waals surface area (Å²) in [5.41, 5.74) is 1.96. The topological polar surface area (TPSA) is 25.8 Å². The smallest absolute Gasteiger partial charge is 0.142 e. The maximum Gasteiger partial charge on any atom is 0.142 e. The number of hydrogen-bond donors (Lipinski definition) is 0. The molecule has 2 rings (SSSR count). The quantitative estimate of drug-likeness (QED) is 0.783. The van der Waals surface area contributed by atoms with E-state index < -0.39 is 0 Å². The lowest BCUT2D eigenvalue weighted by atomic mass is 10.3. The molecule has 15 heavy (non-hydrogen) atoms. The van der Waals surface area contributed by atoms with E-state index >= 15 is 0 Å². The Balaban J connectivity index is 2.24. The molecule has 2 nitrogen and oxygen atoms in total. The molecule has 0 aromatic carbocycles. The molecule has 0 saturated carbocycles. The van der Waals surface area contributed by atoms with Gasteiger partial charge in [0.2, 0.25) is 0 Å². The standard InChI is InChI=1S/C12H12N2S/c1-2-3-6-10-9-15-12(14-10)11-7-4-5-8-13-11/h3-9H,2H2,1H3. The third-order valence-corrected chi connectivity index (χ3v) is 2.81. The first-order valence-corrected chi connectivity index (χ1v) is 5.81. The normalized spacial score (nSPS) is 11.0. The van der Waals surface area contributed by atoms with Gasteiger partial charge in [0.1, 0.15) is 5.01 Å². The third-order valence-electron chi connectivity index (χ3n) is 1.93. The van der Waals surface area contributed by atoms with Crippen LogP contribution in [0, 0.1) is 0 Å². The Morgan fingerprint density at radius 2 is 2.33 bits per heavy atom. The lowest BCUT2D eigenvalue weighted by Crippen LogP contribution is -1.80. The number of nitrogens with zero attached hydrogens (tertiary/aromatic N) is 2. The molecule has 2 aromatic heterocycles. The van der Waals surface area contributed by atoms with Gasteiger partial charge in [-0.15, -0.1) is 11.3 Å². The minimum Gasteiger partial charge on any atom is -0.254 e. The summed E-state index contributed by atoms with van der Waals surface area (Å²) in [6.07, 6.45) is 6.98. The molecule has 0 aliphatic rings. The minimum absolute atomic E-state index is 0.943. The van der Waals surface area contributed by atoms with Crippen molar-refractivity contribution >= 4 is 17.4 Å². The second kappa shape index (κ2) is 4.84. The molecule has 0 saturated heterocycles. The van der Waals surface area contributed by atoms with Crippen LogP contribution in [-0.2, 0) is 0 Å². The molecule has 76 valence electrons. The average molecular weight is 216 g/mol. The molecule has 0 bridgehead atoms. The van der Waals surface area contributed by atoms with Crippen molar-refractivity contribution in [2.24, 2.45) is 0 Å². The van der Waals surface area contributed by atoms with Crippen LogP contribution in [0.25, 0.3) is 16.8 Å². The summed E-state index contributed by atoms with van der Waals surface area (Å²) in [6.45, 7) is 2.11. The summed E-state index contributed by atoms with van der Waals surface area (Å²) in [4.78, 5) is 8.75. The SMILES string of the molecule is CCC=Cc1csc(-c2ccccn2)n1. The monoisotopic (exact) mass is 216 g/mol. The van der Waals surface area contributed by atoms with Gasteiger partial charge in [-0.05, 0) is 24.6 Å². The van der Waals surface area contributed by atoms with Crippen LogP contribution in [0.5, 0.6) is 0 Å². The van der Waals surface area contributed by atoms with Gasteiger partial charge in [0.15, 0.2) is 0 Å². The first kappa shape index (κ1) is 10.1. The van der Waals surface area contributed by atoms with Crippen LogP contribution in [0.2, 0.25) is 0 Å². The Kier molecular flexibility index (Phi) is 3.25. The summed E-state index contributed by atoms with van der Waals surface area (Å²) in [5.74, 6) is 0. The van der Waals surface area contributed by atoms with E-state index in [4.69, 9.17) is 0 Å². The van der Waals surface area contributed by atoms with Crippen LogP contribution >= 0.6 is 11.3 Å². The molecule has 0 unspecified atom stereocenters. The number of thiazole rings is 1. The van der Waals surface area contributed by atoms with Gasteiger partial charge < -0.3 is 0 Å². The van der Waals surface area contributed by atoms with E-state index in [1.807, 2.05) is 24.3 Å². The molecule has 2 heterocycles. The molecule has 0 spiro atoms. The van der Waals surface area contributed by atoms with Crippen LogP contribution in [-0.4, -0.2) is 9.97 Å². The van der Waals surface area contributed by atoms with Crippen molar-refractivity contribution < 1.29 is 0 Å². The fourth-order valence-corrected chi connectivity index (χ4v) is 1.97. The fraction of sp³-hybridized carbons (Fsp3) is 0.167. The number of allylic oxidation sites excluding steroid dienone is 1. The Morgan fingerprint density at radius 1 is 1.40 bits per heavy atom. The van der Waals surface area contributed by atoms with Crippen LogP contribution in [0.3, 0.4) is 0 Å². The number of hydrogen-bond acceptors (Lipinski definition) is 3. The van der Waals surface area contributed by atoms with Gasteiger partial charge in [0.05, 0.1) is 11.4 Å². The Labute approximate surface area is 93.3 Å². The van der Waals surface area contributed by atoms with E-state index in [1.54, 1.807) is 17.5 Å². The summed E-state index contributed by atoms with van der Waals surface area (Å²) in [5, 5.41) is 3.03. The van der Waals surface area contributed by atoms with Crippen LogP contribution < -0.4 is 0 Å². The van der Waals surface area contributed by atoms with E-state index in [1.165, 1.54) is 0 Å². The molecule has 2 aromatic rings. The lowest BCUT2D eigenvalue weighted by Gasteiger charge is -1.91. The number of pyridine rings is 1. The predicted octanol–water partition coefficient (Wildman–Crippen LogP) is 3.63. The zero-order chi connectivity index (χ0) is 10.5. The zero-order valence-electron chi connectivity index (χ0n) is 8.55. The highest BCUT2D eigenvalue weighted by Gasteiger charge is 2.02. The highest BCUT2D eigenvalue weighted by atomic mass is 32.1. The predicted molar refractivity (Wildman–Crippen MR) is 64.7 cm³/mol. The van der Waals surface area contributed by atoms with E-state index in [2.05, 4.69) is 28.3 Å². The summed E-state index contributed by atoms with van der Waals surface area (Å²) in [7, 11) is 0. The van der Waals surface area contributed by atoms with Crippen LogP contribution in [0.4, 0.5) is 0 Å². The Morgan fingerprint density at radius 3 is 3.07 bits per heavy atom. The van der Waals surface area contributed by atoms with Gasteiger partial charge in [0, 0.05) is 11.6 Å². The Bertz CT molecular complexity index is 446. The van der Waals surface area contributed by atoms with Crippen molar-refractivity contribution in [2.45, 2.75) is 13.3 Å². The zero-order valence-corrected chi connectivity index (χ0v) is 9.37. The molecular formula is C12H12N2S. The Hall–Kier alpha value is -1.48. The molecule has 0 atom stereocenters. The maximum atomic E-state index is 4.49. The molecule has 0 aliphatic carbocycles. The maximum absolute atomic E-state index is 4.49. The first-order valence-electron chi connectivity index (χ1n) is 4.93. The first-order chi connectivity index (χ1) is 7.40. The van der Waals surface area contributed by atoms with Crippen molar-refractivity contribution in [3.63, 3.8) is 0 Å². The van der Waals surface area contributed by atoms with Gasteiger partial charge in [-0.3, -0.25) is 4.98 Å². The van der Waals surface area contributed by atoms with Crippen molar-refractivity contribution in [1.29, 1.82) is 0 Å². The van der Waals surface area contributed by atoms with E-state index in [9.17, 15) is 0 Å². The fourth-order valence-electron chi connectivity index (χ4n) is 1.21. The van der Waals surface area contributed by atoms with E-state index in [0.29, 0.717) is 0 Å². The molecule has 3 heteroatoms. The van der Waals surface area contributed by atoms with Gasteiger partial charge in [-0.2, -0.15) is 0 Å². The van der Waals surface area contributed by atoms with Crippen molar-refractivity contribution in [1.82, 2.24) is 9.97 Å². The average Bonchev–Trinajstić information content (AvgIpc) is 2.76. The molecular weight excluding hydrogens is 204 g/mol. The second-order valence-corrected chi connectivity index (χ2v) is 3.96. The molecule has 0 N–H and O–H groups in total. The second-order valence-electron chi connectivity index (χ2n) is 3.10. The van der Waals surface area contributed by atoms with Gasteiger partial charge in [-0.25, -0.2) is 4.98 Å². The van der Waals surface area contributed by atoms with Crippen LogP contribution in [0.15, 0.2) is 35.9 Å². The minimum atomic E-state index is 0.943. The van der Waals surface area contributed by atoms with Crippen molar-refractivity contribution in [2.75, 3.05) is 0 Å². The van der Waals surface area contributed by atoms with Crippen molar-refractivity contribution in [3.8, 4) is 10.7 Å². The van der Waals surface area contributed by atoms with Gasteiger partial charge in [0.25, 0.3) is 0 Å². The summed E-state index contributed by atoms with van der Waals surface area (Å²) < 4.78 is 0. The summed E-state index contributed by atoms with van der Waals surface area (Å²) in [6, 6.07) is 5.87. The molecule has 0 amide bonds. The number of rotatable bonds is 3. The van der Waals surface area contributed by atoms with Gasteiger partial charge >= 0.3 is 0 Å². The number of aromatic nitrogens is 2. The van der Waals surface area contributed by atoms with Gasteiger partial charge in [-0.1, -0.05) is 19.1 Å². The van der Waals surface area contributed by atoms with Crippen molar-refractivity contribution in [3.05, 3.63) is 41.5 Å². The summed E-state index contributed by atoms with van der Waals surface area (Å²) >= 11 is 1.63. The largest absolute Gasteiger partial charge is 0.254 e. The molecule has 0 fully saturated rings. The molecule has 0 radical (unpaired) electrons. The highest BCUT2D eigenvalue weighted by molar-refractivity contribution is 7.13.